The molecule has 0 fully saturated rings. The maximum absolute atomic E-state index is 11.3. The van der Waals surface area contributed by atoms with Crippen LogP contribution in [0.1, 0.15) is 27.6 Å². The molecule has 0 unspecified atom stereocenters. The summed E-state index contributed by atoms with van der Waals surface area (Å²) >= 11 is 0. The zero-order chi connectivity index (χ0) is 15.0. The van der Waals surface area contributed by atoms with Crippen LogP contribution in [0.2, 0.25) is 0 Å². The van der Waals surface area contributed by atoms with E-state index in [1.807, 2.05) is 30.5 Å². The summed E-state index contributed by atoms with van der Waals surface area (Å²) in [5.74, 6) is 0.139. The van der Waals surface area contributed by atoms with E-state index in [-0.39, 0.29) is 5.69 Å². The maximum atomic E-state index is 11.3. The molecule has 108 valence electrons. The topological polar surface area (TPSA) is 87.2 Å². The fraction of sp³-hybridized carbons (Fsp3) is 0.308. The molecule has 0 bridgehead atoms. The molecule has 0 amide bonds. The average Bonchev–Trinajstić information content (AvgIpc) is 3.05. The highest BCUT2D eigenvalue weighted by atomic mass is 16.5. The Bertz CT molecular complexity index is 819. The van der Waals surface area contributed by atoms with Crippen molar-refractivity contribution in [1.29, 1.82) is 0 Å². The third-order valence-corrected chi connectivity index (χ3v) is 3.07. The summed E-state index contributed by atoms with van der Waals surface area (Å²) in [5, 5.41) is 7.64. The van der Waals surface area contributed by atoms with Crippen molar-refractivity contribution in [2.45, 2.75) is 20.4 Å². The Labute approximate surface area is 120 Å². The van der Waals surface area contributed by atoms with Crippen LogP contribution < -0.4 is 0 Å². The average molecular weight is 286 g/mol. The number of carbonyl (C=O) groups is 1. The van der Waals surface area contributed by atoms with E-state index >= 15 is 0 Å². The van der Waals surface area contributed by atoms with Crippen LogP contribution in [0.4, 0.5) is 0 Å². The van der Waals surface area contributed by atoms with Crippen LogP contribution in [0.5, 0.6) is 0 Å². The van der Waals surface area contributed by atoms with Crippen LogP contribution in [-0.2, 0) is 11.3 Å². The first-order valence-corrected chi connectivity index (χ1v) is 6.37. The molecule has 3 aromatic rings. The summed E-state index contributed by atoms with van der Waals surface area (Å²) in [7, 11) is 1.31. The van der Waals surface area contributed by atoms with Crippen molar-refractivity contribution < 1.29 is 9.53 Å². The molecule has 0 aliphatic carbocycles. The zero-order valence-electron chi connectivity index (χ0n) is 11.9. The number of aromatic nitrogens is 6. The molecular weight excluding hydrogens is 272 g/mol. The van der Waals surface area contributed by atoms with Gasteiger partial charge in [-0.2, -0.15) is 0 Å². The van der Waals surface area contributed by atoms with Crippen molar-refractivity contribution in [3.05, 3.63) is 41.2 Å². The maximum Gasteiger partial charge on any atom is 0.360 e. The van der Waals surface area contributed by atoms with Gasteiger partial charge in [0, 0.05) is 17.6 Å². The van der Waals surface area contributed by atoms with E-state index in [1.165, 1.54) is 18.0 Å². The van der Waals surface area contributed by atoms with Crippen molar-refractivity contribution in [1.82, 2.24) is 29.4 Å². The van der Waals surface area contributed by atoms with Gasteiger partial charge in [0.05, 0.1) is 25.5 Å². The number of hydrogen-bond acceptors (Lipinski definition) is 6. The van der Waals surface area contributed by atoms with Gasteiger partial charge >= 0.3 is 5.97 Å². The third-order valence-electron chi connectivity index (χ3n) is 3.07. The van der Waals surface area contributed by atoms with Gasteiger partial charge in [0.2, 0.25) is 5.78 Å². The summed E-state index contributed by atoms with van der Waals surface area (Å²) in [6.45, 7) is 4.34. The van der Waals surface area contributed by atoms with Gasteiger partial charge in [0.15, 0.2) is 5.69 Å². The van der Waals surface area contributed by atoms with Gasteiger partial charge in [0.1, 0.15) is 0 Å². The van der Waals surface area contributed by atoms with E-state index in [1.54, 1.807) is 0 Å². The Morgan fingerprint density at radius 1 is 1.29 bits per heavy atom. The first kappa shape index (κ1) is 13.2. The molecule has 0 saturated carbocycles. The minimum Gasteiger partial charge on any atom is -0.464 e. The van der Waals surface area contributed by atoms with E-state index in [0.29, 0.717) is 12.3 Å². The normalized spacial score (nSPS) is 11.0. The number of fused-ring (bicyclic) bond motifs is 1. The van der Waals surface area contributed by atoms with Gasteiger partial charge in [-0.1, -0.05) is 5.21 Å². The third kappa shape index (κ3) is 2.47. The number of ether oxygens (including phenoxy) is 1. The van der Waals surface area contributed by atoms with Crippen molar-refractivity contribution >= 4 is 11.7 Å². The highest BCUT2D eigenvalue weighted by molar-refractivity contribution is 5.86. The Balaban J connectivity index is 1.89. The smallest absolute Gasteiger partial charge is 0.360 e. The number of hydrogen-bond donors (Lipinski definition) is 0. The SMILES string of the molecule is COC(=O)c1cn(Cc2cn3c(C)cc(C)nc3n2)nn1. The van der Waals surface area contributed by atoms with E-state index in [0.717, 1.165) is 17.1 Å². The second-order valence-electron chi connectivity index (χ2n) is 4.73. The zero-order valence-corrected chi connectivity index (χ0v) is 11.9. The fourth-order valence-electron chi connectivity index (χ4n) is 2.13. The van der Waals surface area contributed by atoms with E-state index in [4.69, 9.17) is 0 Å². The minimum atomic E-state index is -0.510. The highest BCUT2D eigenvalue weighted by Gasteiger charge is 2.12. The number of carbonyl (C=O) groups excluding carboxylic acids is 1. The summed E-state index contributed by atoms with van der Waals surface area (Å²) in [6.07, 6.45) is 3.43. The quantitative estimate of drug-likeness (QED) is 0.661. The monoisotopic (exact) mass is 286 g/mol. The van der Waals surface area contributed by atoms with Crippen LogP contribution >= 0.6 is 0 Å². The van der Waals surface area contributed by atoms with Crippen molar-refractivity contribution in [2.75, 3.05) is 7.11 Å². The molecule has 0 aliphatic heterocycles. The lowest BCUT2D eigenvalue weighted by Gasteiger charge is -1.98. The van der Waals surface area contributed by atoms with Crippen LogP contribution in [0, 0.1) is 13.8 Å². The Morgan fingerprint density at radius 2 is 2.10 bits per heavy atom. The Hall–Kier alpha value is -2.77. The first-order chi connectivity index (χ1) is 10.1. The number of methoxy groups -OCH3 is 1. The molecule has 0 saturated heterocycles. The molecule has 0 atom stereocenters. The number of aryl methyl sites for hydroxylation is 2. The van der Waals surface area contributed by atoms with Gasteiger partial charge in [-0.05, 0) is 19.9 Å². The van der Waals surface area contributed by atoms with Crippen molar-refractivity contribution in [2.24, 2.45) is 0 Å². The van der Waals surface area contributed by atoms with Gasteiger partial charge < -0.3 is 4.74 Å². The number of esters is 1. The van der Waals surface area contributed by atoms with Gasteiger partial charge in [-0.25, -0.2) is 19.4 Å². The van der Waals surface area contributed by atoms with Crippen LogP contribution in [0.25, 0.3) is 5.78 Å². The van der Waals surface area contributed by atoms with Gasteiger partial charge in [-0.15, -0.1) is 5.10 Å². The largest absolute Gasteiger partial charge is 0.464 e. The molecule has 0 N–H and O–H groups in total. The van der Waals surface area contributed by atoms with Gasteiger partial charge in [-0.3, -0.25) is 4.40 Å². The molecule has 3 rings (SSSR count). The van der Waals surface area contributed by atoms with E-state index in [9.17, 15) is 4.79 Å². The molecule has 3 heterocycles. The van der Waals surface area contributed by atoms with E-state index < -0.39 is 5.97 Å². The molecular formula is C13H14N6O2. The van der Waals surface area contributed by atoms with Crippen molar-refractivity contribution in [3.63, 3.8) is 0 Å². The summed E-state index contributed by atoms with van der Waals surface area (Å²) in [6, 6.07) is 1.99. The minimum absolute atomic E-state index is 0.173. The fourth-order valence-corrected chi connectivity index (χ4v) is 2.13. The van der Waals surface area contributed by atoms with Crippen LogP contribution in [0.3, 0.4) is 0 Å². The Morgan fingerprint density at radius 3 is 2.86 bits per heavy atom. The standard InChI is InChI=1S/C13H14N6O2/c1-8-4-9(2)19-6-10(15-13(19)14-8)5-18-7-11(16-17-18)12(20)21-3/h4,6-7H,5H2,1-3H3. The number of rotatable bonds is 3. The molecule has 0 aromatic carbocycles. The molecule has 0 aliphatic rings. The lowest BCUT2D eigenvalue weighted by molar-refractivity contribution is 0.0594. The lowest BCUT2D eigenvalue weighted by Crippen LogP contribution is -2.02. The predicted molar refractivity (Wildman–Crippen MR) is 72.9 cm³/mol. The second-order valence-corrected chi connectivity index (χ2v) is 4.73. The molecule has 8 nitrogen and oxygen atoms in total. The van der Waals surface area contributed by atoms with Crippen molar-refractivity contribution in [3.8, 4) is 0 Å². The second kappa shape index (κ2) is 4.97. The molecule has 3 aromatic heterocycles. The highest BCUT2D eigenvalue weighted by Crippen LogP contribution is 2.09. The van der Waals surface area contributed by atoms with Crippen LogP contribution in [-0.4, -0.2) is 42.4 Å². The van der Waals surface area contributed by atoms with Gasteiger partial charge in [0.25, 0.3) is 0 Å². The number of imidazole rings is 1. The Kier molecular flexibility index (Phi) is 3.13. The summed E-state index contributed by atoms with van der Waals surface area (Å²) < 4.78 is 8.05. The molecule has 0 radical (unpaired) electrons. The van der Waals surface area contributed by atoms with E-state index in [2.05, 4.69) is 25.0 Å². The first-order valence-electron chi connectivity index (χ1n) is 6.37. The molecule has 8 heteroatoms. The summed E-state index contributed by atoms with van der Waals surface area (Å²) in [4.78, 5) is 20.2. The lowest BCUT2D eigenvalue weighted by atomic mass is 10.3. The molecule has 21 heavy (non-hydrogen) atoms. The predicted octanol–water partition coefficient (Wildman–Crippen LogP) is 0.773. The van der Waals surface area contributed by atoms with Crippen LogP contribution in [0.15, 0.2) is 18.5 Å². The number of nitrogens with zero attached hydrogens (tertiary/aromatic N) is 6. The molecule has 0 spiro atoms. The summed E-state index contributed by atoms with van der Waals surface area (Å²) in [5.41, 5.74) is 2.94.